The van der Waals surface area contributed by atoms with Crippen LogP contribution in [0.2, 0.25) is 0 Å². The number of carbonyl (C=O) groups is 1. The van der Waals surface area contributed by atoms with E-state index in [1.807, 2.05) is 17.2 Å². The summed E-state index contributed by atoms with van der Waals surface area (Å²) in [6.07, 6.45) is 4.42. The number of carbonyl (C=O) groups excluding carboxylic acids is 1. The number of aromatic nitrogens is 7. The summed E-state index contributed by atoms with van der Waals surface area (Å²) in [5.41, 5.74) is 1.04. The smallest absolute Gasteiger partial charge is 0.346 e. The van der Waals surface area contributed by atoms with Crippen molar-refractivity contribution in [2.75, 3.05) is 26.2 Å². The van der Waals surface area contributed by atoms with Crippen LogP contribution in [-0.2, 0) is 12.7 Å². The highest BCUT2D eigenvalue weighted by molar-refractivity contribution is 6.15. The summed E-state index contributed by atoms with van der Waals surface area (Å²) < 4.78 is 40.8. The second-order valence-corrected chi connectivity index (χ2v) is 9.55. The highest BCUT2D eigenvalue weighted by Gasteiger charge is 2.37. The average Bonchev–Trinajstić information content (AvgIpc) is 3.62. The Balaban J connectivity index is 1.30. The van der Waals surface area contributed by atoms with E-state index in [4.69, 9.17) is 13.1 Å². The standard InChI is InChI=1S/C25H24BF3N10O/c26-24(5-1-2-6-30,15-39-14-17(13-35-39)20-18-3-7-31-21(18)34-16-33-20)38-11-9-37(10-12-38)22(40)19-4-8-32-23(36-19)25(27,28)29/h3-4,7-8,13-14,16H,1-2,5,9-12,15H2,(H,31,33,34)/t24-/m0/s1. The van der Waals surface area contributed by atoms with Crippen molar-refractivity contribution in [3.63, 3.8) is 0 Å². The molecule has 40 heavy (non-hydrogen) atoms. The quantitative estimate of drug-likeness (QED) is 0.263. The zero-order valence-corrected chi connectivity index (χ0v) is 21.3. The van der Waals surface area contributed by atoms with E-state index < -0.39 is 23.3 Å². The third kappa shape index (κ3) is 5.67. The fraction of sp³-hybridized carbons (Fsp3) is 0.400. The Morgan fingerprint density at radius 1 is 1.15 bits per heavy atom. The number of hydrogen-bond acceptors (Lipinski definition) is 8. The van der Waals surface area contributed by atoms with Gasteiger partial charge in [-0.05, 0) is 25.0 Å². The topological polar surface area (TPSA) is 133 Å². The molecule has 4 aromatic heterocycles. The monoisotopic (exact) mass is 548 g/mol. The van der Waals surface area contributed by atoms with E-state index in [0.717, 1.165) is 22.8 Å². The summed E-state index contributed by atoms with van der Waals surface area (Å²) in [5, 5.41) is 14.4. The van der Waals surface area contributed by atoms with E-state index in [-0.39, 0.29) is 18.8 Å². The van der Waals surface area contributed by atoms with Crippen LogP contribution in [0.1, 0.15) is 35.6 Å². The maximum Gasteiger partial charge on any atom is 0.451 e. The van der Waals surface area contributed by atoms with Crippen LogP contribution in [0.3, 0.4) is 0 Å². The van der Waals surface area contributed by atoms with E-state index in [1.54, 1.807) is 17.1 Å². The van der Waals surface area contributed by atoms with Crippen LogP contribution in [0.5, 0.6) is 0 Å². The molecule has 0 spiro atoms. The van der Waals surface area contributed by atoms with Crippen LogP contribution in [-0.4, -0.2) is 89.9 Å². The molecule has 1 amide bonds. The molecule has 0 unspecified atom stereocenters. The minimum absolute atomic E-state index is 0.248. The van der Waals surface area contributed by atoms with Crippen molar-refractivity contribution in [1.82, 2.24) is 44.5 Å². The van der Waals surface area contributed by atoms with E-state index in [2.05, 4.69) is 36.1 Å². The molecule has 204 valence electrons. The number of fused-ring (bicyclic) bond motifs is 1. The SMILES string of the molecule is [B][C@](CCCC#N)(Cn1cc(-c2ncnc3[nH]ccc23)cn1)N1CCN(C(=O)c2ccnc(C(F)(F)F)n2)CC1. The van der Waals surface area contributed by atoms with Crippen LogP contribution in [0.25, 0.3) is 22.3 Å². The number of halogens is 3. The predicted molar refractivity (Wildman–Crippen MR) is 138 cm³/mol. The highest BCUT2D eigenvalue weighted by Crippen LogP contribution is 2.28. The first-order chi connectivity index (χ1) is 19.2. The Hall–Kier alpha value is -4.32. The third-order valence-electron chi connectivity index (χ3n) is 6.92. The lowest BCUT2D eigenvalue weighted by molar-refractivity contribution is -0.145. The number of piperazine rings is 1. The van der Waals surface area contributed by atoms with Crippen LogP contribution in [0.15, 0.2) is 43.2 Å². The van der Waals surface area contributed by atoms with Crippen molar-refractivity contribution in [3.05, 3.63) is 54.8 Å². The Labute approximate surface area is 228 Å². The molecule has 5 heterocycles. The fourth-order valence-corrected chi connectivity index (χ4v) is 4.90. The van der Waals surface area contributed by atoms with Crippen LogP contribution in [0, 0.1) is 11.3 Å². The summed E-state index contributed by atoms with van der Waals surface area (Å²) >= 11 is 0. The van der Waals surface area contributed by atoms with Gasteiger partial charge < -0.3 is 14.8 Å². The van der Waals surface area contributed by atoms with Crippen molar-refractivity contribution >= 4 is 24.8 Å². The summed E-state index contributed by atoms with van der Waals surface area (Å²) in [6.45, 7) is 1.58. The molecule has 1 aliphatic heterocycles. The van der Waals surface area contributed by atoms with Gasteiger partial charge in [-0.2, -0.15) is 23.5 Å². The lowest BCUT2D eigenvalue weighted by atomic mass is 9.71. The first kappa shape index (κ1) is 27.3. The number of rotatable bonds is 8. The van der Waals surface area contributed by atoms with Crippen molar-refractivity contribution in [2.45, 2.75) is 37.4 Å². The molecule has 11 nitrogen and oxygen atoms in total. The van der Waals surface area contributed by atoms with Crippen LogP contribution in [0.4, 0.5) is 13.2 Å². The number of nitrogens with one attached hydrogen (secondary N) is 1. The molecule has 0 aromatic carbocycles. The largest absolute Gasteiger partial charge is 0.451 e. The number of nitriles is 1. The second kappa shape index (κ2) is 11.0. The molecule has 4 aromatic rings. The maximum atomic E-state index is 13.0. The molecule has 0 aliphatic carbocycles. The van der Waals surface area contributed by atoms with Crippen molar-refractivity contribution in [2.24, 2.45) is 0 Å². The minimum Gasteiger partial charge on any atom is -0.346 e. The van der Waals surface area contributed by atoms with Gasteiger partial charge in [0.25, 0.3) is 5.91 Å². The Bertz CT molecular complexity index is 1540. The van der Waals surface area contributed by atoms with Gasteiger partial charge in [-0.15, -0.1) is 0 Å². The molecule has 1 fully saturated rings. The third-order valence-corrected chi connectivity index (χ3v) is 6.92. The number of nitrogens with zero attached hydrogens (tertiary/aromatic N) is 9. The number of alkyl halides is 3. The molecule has 2 radical (unpaired) electrons. The molecule has 1 aliphatic rings. The highest BCUT2D eigenvalue weighted by atomic mass is 19.4. The van der Waals surface area contributed by atoms with Crippen molar-refractivity contribution < 1.29 is 18.0 Å². The maximum absolute atomic E-state index is 13.0. The fourth-order valence-electron chi connectivity index (χ4n) is 4.90. The molecular formula is C25H24BF3N10O. The number of amides is 1. The summed E-state index contributed by atoms with van der Waals surface area (Å²) in [4.78, 5) is 34.7. The Morgan fingerprint density at radius 3 is 2.70 bits per heavy atom. The molecule has 0 saturated carbocycles. The van der Waals surface area contributed by atoms with Gasteiger partial charge in [0.05, 0.1) is 32.4 Å². The first-order valence-electron chi connectivity index (χ1n) is 12.6. The number of H-pyrrole nitrogens is 1. The van der Waals surface area contributed by atoms with Gasteiger partial charge in [-0.1, -0.05) is 0 Å². The number of hydrogen-bond donors (Lipinski definition) is 1. The molecule has 5 rings (SSSR count). The predicted octanol–water partition coefficient (Wildman–Crippen LogP) is 2.65. The van der Waals surface area contributed by atoms with Crippen molar-refractivity contribution in [3.8, 4) is 17.3 Å². The molecule has 15 heteroatoms. The Kier molecular flexibility index (Phi) is 7.53. The van der Waals surface area contributed by atoms with Gasteiger partial charge in [-0.3, -0.25) is 9.48 Å². The summed E-state index contributed by atoms with van der Waals surface area (Å²) in [7, 11) is 6.94. The van der Waals surface area contributed by atoms with Gasteiger partial charge in [0.15, 0.2) is 0 Å². The number of aromatic amines is 1. The van der Waals surface area contributed by atoms with Gasteiger partial charge in [0.1, 0.15) is 17.7 Å². The van der Waals surface area contributed by atoms with Gasteiger partial charge in [0.2, 0.25) is 5.82 Å². The van der Waals surface area contributed by atoms with Gasteiger partial charge in [0, 0.05) is 67.6 Å². The normalized spacial score (nSPS) is 16.1. The lowest BCUT2D eigenvalue weighted by Crippen LogP contribution is -2.60. The number of unbranched alkanes of at least 4 members (excludes halogenated alkanes) is 1. The minimum atomic E-state index is -4.75. The molecule has 1 N–H and O–H groups in total. The van der Waals surface area contributed by atoms with Crippen molar-refractivity contribution in [1.29, 1.82) is 5.26 Å². The van der Waals surface area contributed by atoms with E-state index in [1.165, 1.54) is 17.3 Å². The molecular weight excluding hydrogens is 524 g/mol. The van der Waals surface area contributed by atoms with E-state index >= 15 is 0 Å². The van der Waals surface area contributed by atoms with Crippen LogP contribution < -0.4 is 0 Å². The van der Waals surface area contributed by atoms with Gasteiger partial charge in [-0.25, -0.2) is 19.9 Å². The zero-order chi connectivity index (χ0) is 28.3. The Morgan fingerprint density at radius 2 is 1.95 bits per heavy atom. The molecule has 1 atom stereocenters. The zero-order valence-electron chi connectivity index (χ0n) is 21.3. The average molecular weight is 548 g/mol. The van der Waals surface area contributed by atoms with Crippen LogP contribution >= 0.6 is 0 Å². The van der Waals surface area contributed by atoms with E-state index in [9.17, 15) is 18.0 Å². The lowest BCUT2D eigenvalue weighted by Gasteiger charge is -2.46. The first-order valence-corrected chi connectivity index (χ1v) is 12.6. The molecule has 0 bridgehead atoms. The summed E-state index contributed by atoms with van der Waals surface area (Å²) in [5.74, 6) is -1.95. The molecule has 1 saturated heterocycles. The second-order valence-electron chi connectivity index (χ2n) is 9.55. The van der Waals surface area contributed by atoms with E-state index in [0.29, 0.717) is 44.5 Å². The summed E-state index contributed by atoms with van der Waals surface area (Å²) in [6, 6.07) is 5.21. The van der Waals surface area contributed by atoms with Gasteiger partial charge >= 0.3 is 6.18 Å².